The van der Waals surface area contributed by atoms with Crippen molar-refractivity contribution in [3.05, 3.63) is 36.0 Å². The van der Waals surface area contributed by atoms with Gasteiger partial charge in [0.2, 0.25) is 17.7 Å². The molecule has 1 aromatic carbocycles. The maximum Gasteiger partial charge on any atom is 0.326 e. The number of aromatic nitrogens is 1. The molecule has 0 spiro atoms. The number of carboxylic acids is 1. The lowest BCUT2D eigenvalue weighted by molar-refractivity contribution is -0.142. The zero-order chi connectivity index (χ0) is 27.0. The lowest BCUT2D eigenvalue weighted by atomic mass is 9.96. The molecule has 10 nitrogen and oxygen atoms in total. The highest BCUT2D eigenvalue weighted by molar-refractivity contribution is 5.94. The number of carboxylic acid groups (broad SMARTS) is 1. The van der Waals surface area contributed by atoms with Crippen LogP contribution in [0.1, 0.15) is 53.0 Å². The number of para-hydroxylation sites is 1. The molecule has 0 fully saturated rings. The van der Waals surface area contributed by atoms with E-state index in [1.165, 1.54) is 6.92 Å². The topological polar surface area (TPSA) is 166 Å². The molecule has 2 aromatic rings. The average Bonchev–Trinajstić information content (AvgIpc) is 3.27. The predicted molar refractivity (Wildman–Crippen MR) is 138 cm³/mol. The lowest BCUT2D eigenvalue weighted by Gasteiger charge is -2.27. The first kappa shape index (κ1) is 28.8. The standard InChI is InChI=1S/C26H39N5O5/c1-6-14(3)21(27)24(33)29-16(5)23(32)31-22(15(4)7-2)25(34)30-20(26(35)36)12-17-13-28-19-11-9-8-10-18(17)19/h8-11,13-16,20-22,28H,6-7,12,27H2,1-5H3,(H,29,33)(H,30,34)(H,31,32)(H,35,36). The van der Waals surface area contributed by atoms with Crippen LogP contribution in [0, 0.1) is 11.8 Å². The van der Waals surface area contributed by atoms with Crippen LogP contribution in [-0.4, -0.2) is 57.9 Å². The van der Waals surface area contributed by atoms with Crippen molar-refractivity contribution >= 4 is 34.6 Å². The summed E-state index contributed by atoms with van der Waals surface area (Å²) in [5.41, 5.74) is 7.58. The van der Waals surface area contributed by atoms with Gasteiger partial charge >= 0.3 is 5.97 Å². The van der Waals surface area contributed by atoms with Crippen LogP contribution in [-0.2, 0) is 25.6 Å². The monoisotopic (exact) mass is 501 g/mol. The molecule has 0 aliphatic rings. The number of nitrogens with one attached hydrogen (secondary N) is 4. The van der Waals surface area contributed by atoms with Gasteiger partial charge in [-0.1, -0.05) is 58.7 Å². The van der Waals surface area contributed by atoms with E-state index in [9.17, 15) is 24.3 Å². The van der Waals surface area contributed by atoms with Gasteiger partial charge in [-0.3, -0.25) is 14.4 Å². The van der Waals surface area contributed by atoms with E-state index in [-0.39, 0.29) is 18.3 Å². The maximum atomic E-state index is 13.2. The second-order valence-electron chi connectivity index (χ2n) is 9.48. The van der Waals surface area contributed by atoms with Gasteiger partial charge in [-0.2, -0.15) is 0 Å². The molecule has 6 unspecified atom stereocenters. The molecular formula is C26H39N5O5. The number of H-pyrrole nitrogens is 1. The second kappa shape index (κ2) is 13.1. The average molecular weight is 502 g/mol. The number of carbonyl (C=O) groups is 4. The first-order chi connectivity index (χ1) is 17.0. The number of hydrogen-bond acceptors (Lipinski definition) is 5. The Labute approximate surface area is 211 Å². The van der Waals surface area contributed by atoms with E-state index in [0.29, 0.717) is 12.8 Å². The first-order valence-electron chi connectivity index (χ1n) is 12.4. The molecule has 1 heterocycles. The highest BCUT2D eigenvalue weighted by Crippen LogP contribution is 2.19. The molecule has 0 aliphatic carbocycles. The minimum absolute atomic E-state index is 0.0519. The third kappa shape index (κ3) is 7.30. The van der Waals surface area contributed by atoms with Gasteiger partial charge < -0.3 is 31.8 Å². The van der Waals surface area contributed by atoms with E-state index < -0.39 is 47.9 Å². The van der Waals surface area contributed by atoms with Gasteiger partial charge in [0, 0.05) is 23.5 Å². The molecular weight excluding hydrogens is 462 g/mol. The summed E-state index contributed by atoms with van der Waals surface area (Å²) in [6.07, 6.45) is 3.09. The lowest BCUT2D eigenvalue weighted by Crippen LogP contribution is -2.58. The van der Waals surface area contributed by atoms with E-state index in [1.54, 1.807) is 13.1 Å². The molecule has 2 rings (SSSR count). The summed E-state index contributed by atoms with van der Waals surface area (Å²) in [7, 11) is 0. The molecule has 1 aromatic heterocycles. The number of amides is 3. The fourth-order valence-electron chi connectivity index (χ4n) is 3.85. The van der Waals surface area contributed by atoms with Gasteiger partial charge in [-0.05, 0) is 30.4 Å². The number of hydrogen-bond donors (Lipinski definition) is 6. The van der Waals surface area contributed by atoms with Gasteiger partial charge in [0.05, 0.1) is 6.04 Å². The first-order valence-corrected chi connectivity index (χ1v) is 12.4. The Morgan fingerprint density at radius 2 is 1.56 bits per heavy atom. The number of aromatic amines is 1. The zero-order valence-electron chi connectivity index (χ0n) is 21.6. The van der Waals surface area contributed by atoms with E-state index in [1.807, 2.05) is 45.0 Å². The van der Waals surface area contributed by atoms with Crippen molar-refractivity contribution < 1.29 is 24.3 Å². The van der Waals surface area contributed by atoms with Gasteiger partial charge in [-0.25, -0.2) is 4.79 Å². The number of rotatable bonds is 13. The number of benzene rings is 1. The Morgan fingerprint density at radius 1 is 0.917 bits per heavy atom. The van der Waals surface area contributed by atoms with E-state index in [0.717, 1.165) is 16.5 Å². The minimum atomic E-state index is -1.19. The molecule has 36 heavy (non-hydrogen) atoms. The number of carbonyl (C=O) groups excluding carboxylic acids is 3. The fraction of sp³-hybridized carbons (Fsp3) is 0.538. The van der Waals surface area contributed by atoms with Crippen LogP contribution in [0.15, 0.2) is 30.5 Å². The molecule has 10 heteroatoms. The number of aliphatic carboxylic acids is 1. The Kier molecular flexibility index (Phi) is 10.5. The fourth-order valence-corrected chi connectivity index (χ4v) is 3.85. The quantitative estimate of drug-likeness (QED) is 0.244. The van der Waals surface area contributed by atoms with Gasteiger partial charge in [-0.15, -0.1) is 0 Å². The zero-order valence-corrected chi connectivity index (χ0v) is 21.6. The smallest absolute Gasteiger partial charge is 0.326 e. The normalized spacial score (nSPS) is 16.3. The van der Waals surface area contributed by atoms with Gasteiger partial charge in [0.15, 0.2) is 0 Å². The molecule has 0 bridgehead atoms. The van der Waals surface area contributed by atoms with Crippen molar-refractivity contribution in [2.75, 3.05) is 0 Å². The Hall–Kier alpha value is -3.40. The van der Waals surface area contributed by atoms with Crippen LogP contribution >= 0.6 is 0 Å². The van der Waals surface area contributed by atoms with E-state index in [4.69, 9.17) is 5.73 Å². The SMILES string of the molecule is CCC(C)C(N)C(=O)NC(C)C(=O)NC(C(=O)NC(Cc1c[nH]c2ccccc12)C(=O)O)C(C)CC. The molecule has 0 radical (unpaired) electrons. The minimum Gasteiger partial charge on any atom is -0.480 e. The molecule has 0 saturated heterocycles. The summed E-state index contributed by atoms with van der Waals surface area (Å²) < 4.78 is 0. The molecule has 7 N–H and O–H groups in total. The largest absolute Gasteiger partial charge is 0.480 e. The highest BCUT2D eigenvalue weighted by Gasteiger charge is 2.32. The summed E-state index contributed by atoms with van der Waals surface area (Å²) in [5, 5.41) is 18.5. The number of nitrogens with two attached hydrogens (primary N) is 1. The van der Waals surface area contributed by atoms with Crippen LogP contribution < -0.4 is 21.7 Å². The highest BCUT2D eigenvalue weighted by atomic mass is 16.4. The Morgan fingerprint density at radius 3 is 2.17 bits per heavy atom. The summed E-state index contributed by atoms with van der Waals surface area (Å²) >= 11 is 0. The van der Waals surface area contributed by atoms with Crippen molar-refractivity contribution in [1.29, 1.82) is 0 Å². The van der Waals surface area contributed by atoms with E-state index >= 15 is 0 Å². The van der Waals surface area contributed by atoms with Crippen molar-refractivity contribution in [2.45, 2.75) is 78.0 Å². The predicted octanol–water partition coefficient (Wildman–Crippen LogP) is 1.69. The van der Waals surface area contributed by atoms with Crippen LogP contribution in [0.2, 0.25) is 0 Å². The third-order valence-electron chi connectivity index (χ3n) is 6.82. The van der Waals surface area contributed by atoms with Gasteiger partial charge in [0.1, 0.15) is 18.1 Å². The molecule has 3 amide bonds. The summed E-state index contributed by atoms with van der Waals surface area (Å²) in [6.45, 7) is 8.95. The van der Waals surface area contributed by atoms with Crippen LogP contribution in [0.4, 0.5) is 0 Å². The number of fused-ring (bicyclic) bond motifs is 1. The summed E-state index contributed by atoms with van der Waals surface area (Å²) in [6, 6.07) is 3.66. The van der Waals surface area contributed by atoms with Crippen molar-refractivity contribution in [2.24, 2.45) is 17.6 Å². The summed E-state index contributed by atoms with van der Waals surface area (Å²) in [5.74, 6) is -3.10. The second-order valence-corrected chi connectivity index (χ2v) is 9.48. The van der Waals surface area contributed by atoms with Gasteiger partial charge in [0.25, 0.3) is 0 Å². The van der Waals surface area contributed by atoms with Crippen molar-refractivity contribution in [3.63, 3.8) is 0 Å². The van der Waals surface area contributed by atoms with Crippen molar-refractivity contribution in [3.8, 4) is 0 Å². The Bertz CT molecular complexity index is 1070. The van der Waals surface area contributed by atoms with Crippen LogP contribution in [0.5, 0.6) is 0 Å². The molecule has 198 valence electrons. The molecule has 6 atom stereocenters. The maximum absolute atomic E-state index is 13.2. The Balaban J connectivity index is 2.10. The third-order valence-corrected chi connectivity index (χ3v) is 6.82. The van der Waals surface area contributed by atoms with Crippen molar-refractivity contribution in [1.82, 2.24) is 20.9 Å². The molecule has 0 aliphatic heterocycles. The molecule has 0 saturated carbocycles. The van der Waals surface area contributed by atoms with E-state index in [2.05, 4.69) is 20.9 Å². The van der Waals surface area contributed by atoms with Crippen LogP contribution in [0.25, 0.3) is 10.9 Å². The van der Waals surface area contributed by atoms with Crippen LogP contribution in [0.3, 0.4) is 0 Å². The summed E-state index contributed by atoms with van der Waals surface area (Å²) in [4.78, 5) is 53.4.